The van der Waals surface area contributed by atoms with Crippen molar-refractivity contribution >= 4 is 5.91 Å². The summed E-state index contributed by atoms with van der Waals surface area (Å²) in [4.78, 5) is 16.9. The van der Waals surface area contributed by atoms with Gasteiger partial charge in [-0.25, -0.2) is 0 Å². The lowest BCUT2D eigenvalue weighted by atomic mass is 9.98. The van der Waals surface area contributed by atoms with Crippen LogP contribution in [0.2, 0.25) is 0 Å². The zero-order valence-corrected chi connectivity index (χ0v) is 13.9. The highest BCUT2D eigenvalue weighted by Crippen LogP contribution is 2.22. The molecule has 0 aliphatic carbocycles. The summed E-state index contributed by atoms with van der Waals surface area (Å²) in [6.45, 7) is 4.03. The number of aromatic nitrogens is 1. The van der Waals surface area contributed by atoms with Gasteiger partial charge >= 0.3 is 0 Å². The standard InChI is InChI=1S/C21H20N2O/c1-15-8-10-17(11-9-15)20(19-7-4-12-22-14-19)23-21(24)18-6-3-5-16(2)13-18/h3-14,20H,1-2H3,(H,23,24)/t20-/m1/s1. The topological polar surface area (TPSA) is 42.0 Å². The van der Waals surface area contributed by atoms with Crippen molar-refractivity contribution in [2.24, 2.45) is 0 Å². The van der Waals surface area contributed by atoms with Crippen LogP contribution in [0.15, 0.2) is 73.1 Å². The summed E-state index contributed by atoms with van der Waals surface area (Å²) in [5, 5.41) is 3.13. The van der Waals surface area contributed by atoms with E-state index >= 15 is 0 Å². The highest BCUT2D eigenvalue weighted by molar-refractivity contribution is 5.94. The van der Waals surface area contributed by atoms with Gasteiger partial charge in [0.15, 0.2) is 0 Å². The van der Waals surface area contributed by atoms with Gasteiger partial charge < -0.3 is 5.32 Å². The van der Waals surface area contributed by atoms with Gasteiger partial charge in [0.05, 0.1) is 6.04 Å². The van der Waals surface area contributed by atoms with Crippen LogP contribution in [-0.4, -0.2) is 10.9 Å². The van der Waals surface area contributed by atoms with E-state index in [-0.39, 0.29) is 11.9 Å². The van der Waals surface area contributed by atoms with Gasteiger partial charge in [-0.15, -0.1) is 0 Å². The molecule has 1 atom stereocenters. The first-order valence-electron chi connectivity index (χ1n) is 7.97. The van der Waals surface area contributed by atoms with Crippen LogP contribution >= 0.6 is 0 Å². The number of rotatable bonds is 4. The van der Waals surface area contributed by atoms with Gasteiger partial charge in [-0.1, -0.05) is 53.6 Å². The predicted molar refractivity (Wildman–Crippen MR) is 95.9 cm³/mol. The summed E-state index contributed by atoms with van der Waals surface area (Å²) in [6, 6.07) is 19.4. The van der Waals surface area contributed by atoms with E-state index in [0.717, 1.165) is 16.7 Å². The zero-order valence-electron chi connectivity index (χ0n) is 13.9. The SMILES string of the molecule is Cc1ccc([C@@H](NC(=O)c2cccc(C)c2)c2cccnc2)cc1. The third-order valence-electron chi connectivity index (χ3n) is 3.98. The molecule has 3 aromatic rings. The minimum absolute atomic E-state index is 0.0897. The fraction of sp³-hybridized carbons (Fsp3) is 0.143. The smallest absolute Gasteiger partial charge is 0.252 e. The van der Waals surface area contributed by atoms with E-state index in [0.29, 0.717) is 5.56 Å². The molecule has 3 nitrogen and oxygen atoms in total. The van der Waals surface area contributed by atoms with Crippen LogP contribution in [0, 0.1) is 13.8 Å². The number of aryl methyl sites for hydroxylation is 2. The van der Waals surface area contributed by atoms with Crippen molar-refractivity contribution in [3.8, 4) is 0 Å². The number of carbonyl (C=O) groups is 1. The third-order valence-corrected chi connectivity index (χ3v) is 3.98. The van der Waals surface area contributed by atoms with Gasteiger partial charge in [-0.2, -0.15) is 0 Å². The average molecular weight is 316 g/mol. The molecule has 1 heterocycles. The molecule has 0 bridgehead atoms. The second kappa shape index (κ2) is 7.09. The molecule has 0 fully saturated rings. The zero-order chi connectivity index (χ0) is 16.9. The van der Waals surface area contributed by atoms with Crippen LogP contribution in [0.1, 0.15) is 38.7 Å². The molecule has 3 heteroatoms. The van der Waals surface area contributed by atoms with Crippen molar-refractivity contribution in [1.82, 2.24) is 10.3 Å². The molecule has 120 valence electrons. The van der Waals surface area contributed by atoms with Crippen LogP contribution < -0.4 is 5.32 Å². The first-order chi connectivity index (χ1) is 11.6. The number of nitrogens with zero attached hydrogens (tertiary/aromatic N) is 1. The van der Waals surface area contributed by atoms with Crippen LogP contribution in [0.3, 0.4) is 0 Å². The van der Waals surface area contributed by atoms with E-state index < -0.39 is 0 Å². The fourth-order valence-electron chi connectivity index (χ4n) is 2.67. The summed E-state index contributed by atoms with van der Waals surface area (Å²) >= 11 is 0. The highest BCUT2D eigenvalue weighted by Gasteiger charge is 2.18. The third kappa shape index (κ3) is 3.69. The van der Waals surface area contributed by atoms with Crippen LogP contribution in [0.5, 0.6) is 0 Å². The molecule has 3 rings (SSSR count). The number of hydrogen-bond donors (Lipinski definition) is 1. The van der Waals surface area contributed by atoms with Gasteiger partial charge in [0.1, 0.15) is 0 Å². The largest absolute Gasteiger partial charge is 0.341 e. The number of benzene rings is 2. The maximum Gasteiger partial charge on any atom is 0.252 e. The molecule has 0 saturated heterocycles. The Bertz CT molecular complexity index is 826. The summed E-state index contributed by atoms with van der Waals surface area (Å²) in [6.07, 6.45) is 3.53. The minimum Gasteiger partial charge on any atom is -0.341 e. The Hall–Kier alpha value is -2.94. The lowest BCUT2D eigenvalue weighted by Gasteiger charge is -2.20. The summed E-state index contributed by atoms with van der Waals surface area (Å²) in [5.41, 5.74) is 4.91. The molecule has 0 aliphatic heterocycles. The molecule has 0 aliphatic rings. The Balaban J connectivity index is 1.93. The van der Waals surface area contributed by atoms with E-state index in [1.54, 1.807) is 12.4 Å². The molecular formula is C21H20N2O. The first kappa shape index (κ1) is 15.9. The van der Waals surface area contributed by atoms with Crippen molar-refractivity contribution in [1.29, 1.82) is 0 Å². The minimum atomic E-state index is -0.229. The Labute approximate surface area is 142 Å². The van der Waals surface area contributed by atoms with Gasteiger partial charge in [-0.3, -0.25) is 9.78 Å². The van der Waals surface area contributed by atoms with Crippen molar-refractivity contribution in [3.63, 3.8) is 0 Å². The van der Waals surface area contributed by atoms with Gasteiger partial charge in [-0.05, 0) is 43.2 Å². The van der Waals surface area contributed by atoms with E-state index in [4.69, 9.17) is 0 Å². The Morgan fingerprint density at radius 3 is 2.38 bits per heavy atom. The maximum absolute atomic E-state index is 12.7. The Morgan fingerprint density at radius 1 is 0.917 bits per heavy atom. The Kier molecular flexibility index (Phi) is 4.71. The van der Waals surface area contributed by atoms with Crippen molar-refractivity contribution in [2.45, 2.75) is 19.9 Å². The van der Waals surface area contributed by atoms with E-state index in [1.807, 2.05) is 62.4 Å². The van der Waals surface area contributed by atoms with E-state index in [9.17, 15) is 4.79 Å². The maximum atomic E-state index is 12.7. The van der Waals surface area contributed by atoms with Crippen molar-refractivity contribution in [3.05, 3.63) is 101 Å². The summed E-state index contributed by atoms with van der Waals surface area (Å²) in [5.74, 6) is -0.0897. The molecule has 1 N–H and O–H groups in total. The van der Waals surface area contributed by atoms with Crippen LogP contribution in [0.4, 0.5) is 0 Å². The van der Waals surface area contributed by atoms with Crippen molar-refractivity contribution < 1.29 is 4.79 Å². The molecular weight excluding hydrogens is 296 g/mol. The lowest BCUT2D eigenvalue weighted by Crippen LogP contribution is -2.29. The average Bonchev–Trinajstić information content (AvgIpc) is 2.61. The molecule has 0 spiro atoms. The van der Waals surface area contributed by atoms with Gasteiger partial charge in [0, 0.05) is 18.0 Å². The number of pyridine rings is 1. The number of amides is 1. The molecule has 24 heavy (non-hydrogen) atoms. The fourth-order valence-corrected chi connectivity index (χ4v) is 2.67. The molecule has 2 aromatic carbocycles. The second-order valence-electron chi connectivity index (χ2n) is 5.97. The normalized spacial score (nSPS) is 11.8. The van der Waals surface area contributed by atoms with E-state index in [2.05, 4.69) is 22.4 Å². The van der Waals surface area contributed by atoms with Gasteiger partial charge in [0.2, 0.25) is 0 Å². The number of nitrogens with one attached hydrogen (secondary N) is 1. The molecule has 1 amide bonds. The van der Waals surface area contributed by atoms with Crippen LogP contribution in [0.25, 0.3) is 0 Å². The molecule has 0 unspecified atom stereocenters. The second-order valence-corrected chi connectivity index (χ2v) is 5.97. The quantitative estimate of drug-likeness (QED) is 0.783. The Morgan fingerprint density at radius 2 is 1.71 bits per heavy atom. The monoisotopic (exact) mass is 316 g/mol. The van der Waals surface area contributed by atoms with Crippen LogP contribution in [-0.2, 0) is 0 Å². The molecule has 0 radical (unpaired) electrons. The lowest BCUT2D eigenvalue weighted by molar-refractivity contribution is 0.0943. The number of carbonyl (C=O) groups excluding carboxylic acids is 1. The predicted octanol–water partition coefficient (Wildman–Crippen LogP) is 4.22. The molecule has 1 aromatic heterocycles. The first-order valence-corrected chi connectivity index (χ1v) is 7.97. The van der Waals surface area contributed by atoms with Gasteiger partial charge in [0.25, 0.3) is 5.91 Å². The summed E-state index contributed by atoms with van der Waals surface area (Å²) < 4.78 is 0. The van der Waals surface area contributed by atoms with Crippen molar-refractivity contribution in [2.75, 3.05) is 0 Å². The molecule has 0 saturated carbocycles. The van der Waals surface area contributed by atoms with E-state index in [1.165, 1.54) is 5.56 Å². The highest BCUT2D eigenvalue weighted by atomic mass is 16.1. The number of hydrogen-bond acceptors (Lipinski definition) is 2. The summed E-state index contributed by atoms with van der Waals surface area (Å²) in [7, 11) is 0.